The molecule has 11 nitrogen and oxygen atoms in total. The van der Waals surface area contributed by atoms with Gasteiger partial charge in [-0.3, -0.25) is 14.9 Å². The number of benzene rings is 1. The minimum atomic E-state index is -0.533. The molecule has 1 amide bonds. The molecule has 4 rings (SSSR count). The number of anilines is 3. The molecule has 0 radical (unpaired) electrons. The summed E-state index contributed by atoms with van der Waals surface area (Å²) >= 11 is 18.2. The third kappa shape index (κ3) is 4.34. The van der Waals surface area contributed by atoms with E-state index in [1.165, 1.54) is 31.9 Å². The van der Waals surface area contributed by atoms with E-state index in [0.29, 0.717) is 20.5 Å². The number of aromatic nitrogens is 3. The van der Waals surface area contributed by atoms with Crippen molar-refractivity contribution in [1.82, 2.24) is 15.0 Å². The van der Waals surface area contributed by atoms with Crippen molar-refractivity contribution in [1.29, 1.82) is 0 Å². The van der Waals surface area contributed by atoms with Crippen LogP contribution in [0.25, 0.3) is 10.2 Å². The Balaban J connectivity index is 1.68. The Bertz CT molecular complexity index is 1410. The van der Waals surface area contributed by atoms with Crippen molar-refractivity contribution in [2.45, 2.75) is 0 Å². The number of nitrogens with one attached hydrogen (secondary N) is 2. The van der Waals surface area contributed by atoms with Crippen LogP contribution in [0.5, 0.6) is 11.5 Å². The first-order valence-corrected chi connectivity index (χ1v) is 12.2. The molecule has 2 N–H and O–H groups in total. The summed E-state index contributed by atoms with van der Waals surface area (Å²) in [4.78, 5) is 35.9. The summed E-state index contributed by atoms with van der Waals surface area (Å²) < 4.78 is 11.6. The second-order valence-electron chi connectivity index (χ2n) is 6.27. The predicted octanol–water partition coefficient (Wildman–Crippen LogP) is 6.14. The number of amides is 1. The zero-order valence-corrected chi connectivity index (χ0v) is 21.7. The van der Waals surface area contributed by atoms with Gasteiger partial charge in [0, 0.05) is 5.38 Å². The average molecular weight is 606 g/mol. The van der Waals surface area contributed by atoms with Crippen molar-refractivity contribution in [2.24, 2.45) is 0 Å². The first kappa shape index (κ1) is 24.3. The first-order chi connectivity index (χ1) is 16.3. The topological polar surface area (TPSA) is 141 Å². The van der Waals surface area contributed by atoms with Gasteiger partial charge in [0.05, 0.1) is 40.6 Å². The maximum Gasteiger partial charge on any atom is 0.345 e. The van der Waals surface area contributed by atoms with Gasteiger partial charge in [-0.05, 0) is 27.3 Å². The van der Waals surface area contributed by atoms with Crippen molar-refractivity contribution >= 4 is 99.6 Å². The lowest BCUT2D eigenvalue weighted by Crippen LogP contribution is -2.13. The standard InChI is InChI=1S/C18H11BrCl2N6O5S2/c1-31-13-8(19)14(32-2)10(21)12(9(13)20)25-17(28)6-4-33-15-11(6)23-5-24-16(15)26-18-22-3-7(34-18)27(29)30/h3-5H,1-2H3,(H,25,28)(H,22,23,24,26). The lowest BCUT2D eigenvalue weighted by molar-refractivity contribution is -0.380. The van der Waals surface area contributed by atoms with E-state index in [1.807, 2.05) is 0 Å². The van der Waals surface area contributed by atoms with Crippen LogP contribution in [-0.4, -0.2) is 40.0 Å². The molecule has 4 aromatic rings. The number of methoxy groups -OCH3 is 2. The third-order valence-corrected chi connectivity index (χ3v) is 7.66. The van der Waals surface area contributed by atoms with E-state index in [4.69, 9.17) is 32.7 Å². The van der Waals surface area contributed by atoms with Gasteiger partial charge in [-0.2, -0.15) is 0 Å². The van der Waals surface area contributed by atoms with Crippen LogP contribution in [0.15, 0.2) is 22.4 Å². The van der Waals surface area contributed by atoms with E-state index < -0.39 is 10.8 Å². The largest absolute Gasteiger partial charge is 0.494 e. The summed E-state index contributed by atoms with van der Waals surface area (Å²) in [6.45, 7) is 0. The highest BCUT2D eigenvalue weighted by Crippen LogP contribution is 2.50. The molecular weight excluding hydrogens is 595 g/mol. The fourth-order valence-corrected chi connectivity index (χ4v) is 6.08. The van der Waals surface area contributed by atoms with Gasteiger partial charge in [0.1, 0.15) is 27.0 Å². The number of nitrogens with zero attached hydrogens (tertiary/aromatic N) is 4. The Morgan fingerprint density at radius 1 is 1.18 bits per heavy atom. The van der Waals surface area contributed by atoms with Crippen LogP contribution in [0.2, 0.25) is 10.0 Å². The van der Waals surface area contributed by atoms with E-state index in [1.54, 1.807) is 5.38 Å². The quantitative estimate of drug-likeness (QED) is 0.188. The normalized spacial score (nSPS) is 10.9. The van der Waals surface area contributed by atoms with Crippen LogP contribution in [0, 0.1) is 10.1 Å². The van der Waals surface area contributed by atoms with Gasteiger partial charge in [-0.1, -0.05) is 23.2 Å². The molecule has 0 fully saturated rings. The van der Waals surface area contributed by atoms with Crippen LogP contribution >= 0.6 is 61.8 Å². The number of hydrogen-bond donors (Lipinski definition) is 2. The van der Waals surface area contributed by atoms with Gasteiger partial charge in [-0.25, -0.2) is 15.0 Å². The van der Waals surface area contributed by atoms with Gasteiger partial charge in [-0.15, -0.1) is 11.3 Å². The van der Waals surface area contributed by atoms with E-state index in [2.05, 4.69) is 41.5 Å². The SMILES string of the molecule is COc1c(Cl)c(NC(=O)c2csc3c(Nc4ncc([N+](=O)[O-])s4)ncnc23)c(Cl)c(OC)c1Br. The molecule has 16 heteroatoms. The Kier molecular flexibility index (Phi) is 7.04. The molecule has 0 aliphatic heterocycles. The van der Waals surface area contributed by atoms with Crippen LogP contribution in [0.1, 0.15) is 10.4 Å². The van der Waals surface area contributed by atoms with Crippen LogP contribution in [0.3, 0.4) is 0 Å². The smallest absolute Gasteiger partial charge is 0.345 e. The van der Waals surface area contributed by atoms with Gasteiger partial charge in [0.15, 0.2) is 22.4 Å². The van der Waals surface area contributed by atoms with Crippen LogP contribution < -0.4 is 20.1 Å². The van der Waals surface area contributed by atoms with E-state index in [9.17, 15) is 14.9 Å². The number of carbonyl (C=O) groups is 1. The number of ether oxygens (including phenoxy) is 2. The van der Waals surface area contributed by atoms with Crippen LogP contribution in [0.4, 0.5) is 21.6 Å². The van der Waals surface area contributed by atoms with Crippen molar-refractivity contribution in [3.63, 3.8) is 0 Å². The summed E-state index contributed by atoms with van der Waals surface area (Å²) in [7, 11) is 2.83. The lowest BCUT2D eigenvalue weighted by Gasteiger charge is -2.17. The maximum absolute atomic E-state index is 13.1. The Hall–Kier alpha value is -2.78. The zero-order valence-electron chi connectivity index (χ0n) is 17.0. The average Bonchev–Trinajstić information content (AvgIpc) is 3.45. The molecule has 0 spiro atoms. The van der Waals surface area contributed by atoms with Gasteiger partial charge in [0.25, 0.3) is 5.91 Å². The minimum absolute atomic E-state index is 0.0791. The summed E-state index contributed by atoms with van der Waals surface area (Å²) in [5.74, 6) is 0.289. The zero-order chi connectivity index (χ0) is 24.6. The number of carbonyl (C=O) groups excluding carboxylic acids is 1. The van der Waals surface area contributed by atoms with Crippen molar-refractivity contribution < 1.29 is 19.2 Å². The van der Waals surface area contributed by atoms with E-state index >= 15 is 0 Å². The molecule has 0 unspecified atom stereocenters. The molecule has 0 atom stereocenters. The number of halogens is 3. The van der Waals surface area contributed by atoms with Crippen molar-refractivity contribution in [2.75, 3.05) is 24.9 Å². The highest BCUT2D eigenvalue weighted by Gasteiger charge is 2.25. The van der Waals surface area contributed by atoms with Gasteiger partial charge < -0.3 is 20.1 Å². The number of thiophene rings is 1. The fourth-order valence-electron chi connectivity index (χ4n) is 2.88. The summed E-state index contributed by atoms with van der Waals surface area (Å²) in [5, 5.41) is 18.4. The number of rotatable bonds is 7. The number of fused-ring (bicyclic) bond motifs is 1. The Morgan fingerprint density at radius 2 is 1.85 bits per heavy atom. The number of nitro groups is 1. The van der Waals surface area contributed by atoms with E-state index in [0.717, 1.165) is 17.5 Å². The van der Waals surface area contributed by atoms with Crippen molar-refractivity contribution in [3.05, 3.63) is 48.1 Å². The van der Waals surface area contributed by atoms with E-state index in [-0.39, 0.29) is 42.9 Å². The Labute approximate surface area is 217 Å². The monoisotopic (exact) mass is 604 g/mol. The summed E-state index contributed by atoms with van der Waals surface area (Å²) in [6.07, 6.45) is 2.41. The molecule has 176 valence electrons. The second-order valence-corrected chi connectivity index (χ2v) is 9.71. The lowest BCUT2D eigenvalue weighted by atomic mass is 10.2. The van der Waals surface area contributed by atoms with Gasteiger partial charge in [0.2, 0.25) is 0 Å². The molecule has 0 aliphatic rings. The molecule has 3 aromatic heterocycles. The molecule has 0 saturated carbocycles. The second kappa shape index (κ2) is 9.84. The molecule has 1 aromatic carbocycles. The molecule has 3 heterocycles. The predicted molar refractivity (Wildman–Crippen MR) is 135 cm³/mol. The minimum Gasteiger partial charge on any atom is -0.494 e. The molecule has 0 bridgehead atoms. The first-order valence-electron chi connectivity index (χ1n) is 8.96. The molecule has 0 aliphatic carbocycles. The third-order valence-electron chi connectivity index (χ3n) is 4.38. The summed E-state index contributed by atoms with van der Waals surface area (Å²) in [6, 6.07) is 0. The molecule has 0 saturated heterocycles. The highest BCUT2D eigenvalue weighted by molar-refractivity contribution is 9.10. The molecule has 34 heavy (non-hydrogen) atoms. The Morgan fingerprint density at radius 3 is 2.44 bits per heavy atom. The van der Waals surface area contributed by atoms with Gasteiger partial charge >= 0.3 is 5.00 Å². The molecular formula is C18H11BrCl2N6O5S2. The van der Waals surface area contributed by atoms with Crippen LogP contribution in [-0.2, 0) is 0 Å². The fraction of sp³-hybridized carbons (Fsp3) is 0.111. The highest BCUT2D eigenvalue weighted by atomic mass is 79.9. The maximum atomic E-state index is 13.1. The number of hydrogen-bond acceptors (Lipinski definition) is 11. The van der Waals surface area contributed by atoms with Crippen molar-refractivity contribution in [3.8, 4) is 11.5 Å². The summed E-state index contributed by atoms with van der Waals surface area (Å²) in [5.41, 5.74) is 0.699. The number of thiazole rings is 1.